The van der Waals surface area contributed by atoms with E-state index in [1.807, 2.05) is 37.8 Å². The van der Waals surface area contributed by atoms with Crippen molar-refractivity contribution in [3.8, 4) is 11.1 Å². The number of H-pyrrole nitrogens is 1. The van der Waals surface area contributed by atoms with Crippen molar-refractivity contribution in [3.05, 3.63) is 86.3 Å². The lowest BCUT2D eigenvalue weighted by molar-refractivity contribution is -0.134. The van der Waals surface area contributed by atoms with Crippen LogP contribution in [0.1, 0.15) is 70.4 Å². The van der Waals surface area contributed by atoms with Crippen molar-refractivity contribution in [2.24, 2.45) is 0 Å². The summed E-state index contributed by atoms with van der Waals surface area (Å²) in [5.74, 6) is 0.314. The van der Waals surface area contributed by atoms with Crippen LogP contribution in [-0.2, 0) is 20.8 Å². The first-order valence-corrected chi connectivity index (χ1v) is 17.4. The van der Waals surface area contributed by atoms with E-state index in [2.05, 4.69) is 57.8 Å². The third-order valence-electron chi connectivity index (χ3n) is 10.2. The van der Waals surface area contributed by atoms with E-state index >= 15 is 0 Å². The number of hydrogen-bond donors (Lipinski definition) is 3. The second kappa shape index (κ2) is 15.1. The fourth-order valence-electron chi connectivity index (χ4n) is 7.24. The Bertz CT molecular complexity index is 1670. The molecule has 3 N–H and O–H groups in total. The van der Waals surface area contributed by atoms with E-state index < -0.39 is 0 Å². The summed E-state index contributed by atoms with van der Waals surface area (Å²) < 4.78 is 11.0. The number of nitrogens with zero attached hydrogens (tertiary/aromatic N) is 2. The van der Waals surface area contributed by atoms with E-state index in [9.17, 15) is 14.4 Å². The highest BCUT2D eigenvalue weighted by Crippen LogP contribution is 2.42. The second-order valence-corrected chi connectivity index (χ2v) is 13.4. The van der Waals surface area contributed by atoms with E-state index in [1.165, 1.54) is 5.56 Å². The van der Waals surface area contributed by atoms with E-state index in [0.29, 0.717) is 62.0 Å². The number of carbonyl (C=O) groups excluding carboxylic acids is 2. The molecule has 10 nitrogen and oxygen atoms in total. The first-order valence-electron chi connectivity index (χ1n) is 17.4. The number of aromatic amines is 1. The van der Waals surface area contributed by atoms with Crippen molar-refractivity contribution >= 4 is 17.5 Å². The van der Waals surface area contributed by atoms with E-state index in [1.54, 1.807) is 0 Å². The van der Waals surface area contributed by atoms with E-state index in [4.69, 9.17) is 9.47 Å². The number of carbonyl (C=O) groups is 2. The Morgan fingerprint density at radius 1 is 0.958 bits per heavy atom. The molecule has 3 fully saturated rings. The Morgan fingerprint density at radius 2 is 1.67 bits per heavy atom. The maximum Gasteiger partial charge on any atom is 0.253 e. The molecule has 0 unspecified atom stereocenters. The van der Waals surface area contributed by atoms with Gasteiger partial charge in [0.1, 0.15) is 0 Å². The average Bonchev–Trinajstić information content (AvgIpc) is 3.88. The van der Waals surface area contributed by atoms with Gasteiger partial charge >= 0.3 is 0 Å². The van der Waals surface area contributed by atoms with Gasteiger partial charge in [-0.25, -0.2) is 0 Å². The monoisotopic (exact) mass is 655 g/mol. The summed E-state index contributed by atoms with van der Waals surface area (Å²) in [5.41, 5.74) is 7.89. The zero-order valence-corrected chi connectivity index (χ0v) is 28.7. The Hall–Kier alpha value is -3.99. The van der Waals surface area contributed by atoms with Crippen molar-refractivity contribution in [2.45, 2.75) is 71.5 Å². The van der Waals surface area contributed by atoms with Crippen LogP contribution in [0.15, 0.2) is 47.3 Å². The van der Waals surface area contributed by atoms with Gasteiger partial charge in [-0.05, 0) is 93.0 Å². The zero-order valence-electron chi connectivity index (χ0n) is 28.7. The second-order valence-electron chi connectivity index (χ2n) is 13.4. The molecule has 2 aromatic carbocycles. The van der Waals surface area contributed by atoms with Crippen LogP contribution in [-0.4, -0.2) is 86.4 Å². The largest absolute Gasteiger partial charge is 0.381 e. The average molecular weight is 656 g/mol. The predicted octanol–water partition coefficient (Wildman–Crippen LogP) is 4.21. The molecule has 1 aliphatic carbocycles. The minimum Gasteiger partial charge on any atom is -0.381 e. The lowest BCUT2D eigenvalue weighted by Gasteiger charge is -2.37. The summed E-state index contributed by atoms with van der Waals surface area (Å²) in [6.07, 6.45) is 2.89. The number of morpholine rings is 1. The SMILES string of the molecule is CCN(c1cc(-c2ccc([C@@H]3C[C@H]3NCC(=O)N3CCOCC3)cc2)cc(C(=O)NCc2c(C)cc(C)[nH]c2=O)c1C)C1CCOCC1. The fourth-order valence-corrected chi connectivity index (χ4v) is 7.24. The molecule has 0 radical (unpaired) electrons. The summed E-state index contributed by atoms with van der Waals surface area (Å²) in [6.45, 7) is 13.3. The van der Waals surface area contributed by atoms with Gasteiger partial charge in [-0.3, -0.25) is 14.4 Å². The molecule has 2 amide bonds. The van der Waals surface area contributed by atoms with Crippen molar-refractivity contribution in [2.75, 3.05) is 57.5 Å². The van der Waals surface area contributed by atoms with Crippen LogP contribution in [0.3, 0.4) is 0 Å². The molecule has 0 spiro atoms. The number of aryl methyl sites for hydroxylation is 2. The number of nitrogens with one attached hydrogen (secondary N) is 3. The van der Waals surface area contributed by atoms with Crippen LogP contribution in [0.25, 0.3) is 11.1 Å². The molecule has 2 aliphatic heterocycles. The summed E-state index contributed by atoms with van der Waals surface area (Å²) in [5, 5.41) is 6.49. The van der Waals surface area contributed by atoms with Crippen LogP contribution >= 0.6 is 0 Å². The minimum absolute atomic E-state index is 0.136. The smallest absolute Gasteiger partial charge is 0.253 e. The summed E-state index contributed by atoms with van der Waals surface area (Å²) in [7, 11) is 0. The number of amides is 2. The van der Waals surface area contributed by atoms with Crippen molar-refractivity contribution in [3.63, 3.8) is 0 Å². The molecule has 10 heteroatoms. The molecular weight excluding hydrogens is 606 g/mol. The molecule has 3 heterocycles. The quantitative estimate of drug-likeness (QED) is 0.284. The number of aromatic nitrogens is 1. The van der Waals surface area contributed by atoms with Crippen LogP contribution < -0.4 is 21.1 Å². The number of anilines is 1. The zero-order chi connectivity index (χ0) is 33.8. The van der Waals surface area contributed by atoms with Crippen LogP contribution in [0.5, 0.6) is 0 Å². The van der Waals surface area contributed by atoms with Crippen molar-refractivity contribution in [1.29, 1.82) is 0 Å². The standard InChI is InChI=1S/C38H49N5O5/c1-5-43(30-10-14-47-15-11-30)35-20-29(19-31(26(35)4)37(45)40-22-33-24(2)18-25(3)41-38(33)46)27-6-8-28(9-7-27)32-21-34(32)39-23-36(44)42-12-16-48-17-13-42/h6-9,18-20,30,32,34,39H,5,10-17,21-23H2,1-4H3,(H,40,45)(H,41,46)/t32-,34+/m0/s1. The van der Waals surface area contributed by atoms with E-state index in [-0.39, 0.29) is 23.9 Å². The van der Waals surface area contributed by atoms with Gasteiger partial charge in [0.05, 0.1) is 19.8 Å². The summed E-state index contributed by atoms with van der Waals surface area (Å²) in [6, 6.07) is 15.4. The molecule has 2 atom stereocenters. The van der Waals surface area contributed by atoms with Gasteiger partial charge in [0.15, 0.2) is 0 Å². The van der Waals surface area contributed by atoms with Crippen molar-refractivity contribution in [1.82, 2.24) is 20.5 Å². The molecule has 0 bridgehead atoms. The number of pyridine rings is 1. The Balaban J connectivity index is 1.22. The van der Waals surface area contributed by atoms with Crippen LogP contribution in [0.2, 0.25) is 0 Å². The maximum absolute atomic E-state index is 13.8. The molecular formula is C38H49N5O5. The molecule has 2 saturated heterocycles. The fraction of sp³-hybridized carbons (Fsp3) is 0.500. The third-order valence-corrected chi connectivity index (χ3v) is 10.2. The first-order chi connectivity index (χ1) is 23.2. The number of hydrogen-bond acceptors (Lipinski definition) is 7. The highest BCUT2D eigenvalue weighted by atomic mass is 16.5. The van der Waals surface area contributed by atoms with Gasteiger partial charge in [0.25, 0.3) is 11.5 Å². The van der Waals surface area contributed by atoms with Gasteiger partial charge in [0, 0.05) is 79.9 Å². The molecule has 3 aliphatic rings. The molecule has 6 rings (SSSR count). The molecule has 1 aromatic heterocycles. The molecule has 48 heavy (non-hydrogen) atoms. The number of rotatable bonds is 11. The lowest BCUT2D eigenvalue weighted by atomic mass is 9.94. The topological polar surface area (TPSA) is 116 Å². The van der Waals surface area contributed by atoms with Gasteiger partial charge < -0.3 is 34.9 Å². The molecule has 1 saturated carbocycles. The highest BCUT2D eigenvalue weighted by molar-refractivity contribution is 5.99. The molecule has 3 aromatic rings. The maximum atomic E-state index is 13.8. The summed E-state index contributed by atoms with van der Waals surface area (Å²) >= 11 is 0. The van der Waals surface area contributed by atoms with Gasteiger partial charge in [-0.2, -0.15) is 0 Å². The third kappa shape index (κ3) is 7.66. The molecule has 256 valence electrons. The Kier molecular flexibility index (Phi) is 10.6. The Morgan fingerprint density at radius 3 is 2.35 bits per heavy atom. The Labute approximate surface area is 283 Å². The summed E-state index contributed by atoms with van der Waals surface area (Å²) in [4.78, 5) is 46.2. The first kappa shape index (κ1) is 33.9. The van der Waals surface area contributed by atoms with Crippen molar-refractivity contribution < 1.29 is 19.1 Å². The van der Waals surface area contributed by atoms with Gasteiger partial charge in [-0.15, -0.1) is 0 Å². The van der Waals surface area contributed by atoms with E-state index in [0.717, 1.165) is 72.7 Å². The lowest BCUT2D eigenvalue weighted by Crippen LogP contribution is -2.45. The number of ether oxygens (including phenoxy) is 2. The van der Waals surface area contributed by atoms with Gasteiger partial charge in [-0.1, -0.05) is 24.3 Å². The van der Waals surface area contributed by atoms with Crippen LogP contribution in [0.4, 0.5) is 5.69 Å². The van der Waals surface area contributed by atoms with Gasteiger partial charge in [0.2, 0.25) is 5.91 Å². The predicted molar refractivity (Wildman–Crippen MR) is 188 cm³/mol. The normalized spacial score (nSPS) is 19.6. The minimum atomic E-state index is -0.201. The highest BCUT2D eigenvalue weighted by Gasteiger charge is 2.38. The number of benzene rings is 2. The van der Waals surface area contributed by atoms with Crippen LogP contribution in [0, 0.1) is 20.8 Å².